The van der Waals surface area contributed by atoms with Crippen molar-refractivity contribution in [2.45, 2.75) is 25.9 Å². The first kappa shape index (κ1) is 20.8. The van der Waals surface area contributed by atoms with Crippen LogP contribution in [0.5, 0.6) is 0 Å². The number of hydrogen-bond donors (Lipinski definition) is 4. The highest BCUT2D eigenvalue weighted by molar-refractivity contribution is 5.96. The van der Waals surface area contributed by atoms with Crippen molar-refractivity contribution in [3.63, 3.8) is 0 Å². The number of rotatable bonds is 7. The van der Waals surface area contributed by atoms with E-state index in [0.717, 1.165) is 18.2 Å². The lowest BCUT2D eigenvalue weighted by Gasteiger charge is -2.30. The van der Waals surface area contributed by atoms with E-state index in [4.69, 9.17) is 5.73 Å². The van der Waals surface area contributed by atoms with Crippen LogP contribution in [0.15, 0.2) is 18.2 Å². The quantitative estimate of drug-likeness (QED) is 0.315. The number of benzene rings is 1. The van der Waals surface area contributed by atoms with Gasteiger partial charge >= 0.3 is 6.03 Å². The Balaban J connectivity index is 3.07. The number of nitrogens with two attached hydrogens (primary N) is 1. The smallest absolute Gasteiger partial charge is 0.321 e. The third-order valence-corrected chi connectivity index (χ3v) is 3.28. The van der Waals surface area contributed by atoms with Gasteiger partial charge in [-0.25, -0.2) is 4.79 Å². The molecule has 1 atom stereocenters. The number of non-ortho nitro benzene ring substituents is 2. The molecule has 0 fully saturated rings. The Morgan fingerprint density at radius 3 is 2.04 bits per heavy atom. The molecule has 1 aromatic carbocycles. The molecule has 0 saturated carbocycles. The number of anilines is 1. The lowest BCUT2D eigenvalue weighted by molar-refractivity contribution is -0.394. The predicted octanol–water partition coefficient (Wildman–Crippen LogP) is 1.07. The van der Waals surface area contributed by atoms with Crippen LogP contribution < -0.4 is 21.7 Å². The van der Waals surface area contributed by atoms with Gasteiger partial charge in [-0.1, -0.05) is 13.8 Å². The van der Waals surface area contributed by atoms with E-state index in [0.29, 0.717) is 0 Å². The Hall–Kier alpha value is -3.28. The molecule has 1 aromatic rings. The number of nitrogens with one attached hydrogen (secondary N) is 3. The van der Waals surface area contributed by atoms with Gasteiger partial charge in [0.2, 0.25) is 0 Å². The van der Waals surface area contributed by atoms with Crippen molar-refractivity contribution in [3.05, 3.63) is 38.4 Å². The standard InChI is InChI=1S/C14H20N6O6/c1-8(2)7-14(15,12(21)16-3)18-13(22)17-9-4-10(19(23)24)6-11(5-9)20(25)26/h4-6,8H,7,15H2,1-3H3,(H,16,21)(H2,17,18,22)/t14-/m0/s1. The molecule has 1 rings (SSSR count). The number of nitro groups is 2. The number of urea groups is 1. The van der Waals surface area contributed by atoms with Crippen molar-refractivity contribution in [1.29, 1.82) is 0 Å². The number of nitrogens with zero attached hydrogens (tertiary/aromatic N) is 2. The van der Waals surface area contributed by atoms with Crippen LogP contribution in [-0.4, -0.2) is 34.5 Å². The molecule has 12 nitrogen and oxygen atoms in total. The van der Waals surface area contributed by atoms with Gasteiger partial charge in [-0.2, -0.15) is 0 Å². The SMILES string of the molecule is CNC(=O)[C@](N)(CC(C)C)NC(=O)Nc1cc([N+](=O)[O-])cc([N+](=O)[O-])c1. The molecule has 0 saturated heterocycles. The minimum absolute atomic E-state index is 0.0310. The van der Waals surface area contributed by atoms with Crippen LogP contribution in [0.1, 0.15) is 20.3 Å². The van der Waals surface area contributed by atoms with Gasteiger partial charge in [0.1, 0.15) is 0 Å². The molecule has 0 aliphatic carbocycles. The first-order valence-corrected chi connectivity index (χ1v) is 7.52. The van der Waals surface area contributed by atoms with Crippen molar-refractivity contribution < 1.29 is 19.4 Å². The minimum Gasteiger partial charge on any atom is -0.356 e. The third kappa shape index (κ3) is 5.37. The van der Waals surface area contributed by atoms with Gasteiger partial charge < -0.3 is 21.7 Å². The van der Waals surface area contributed by atoms with Crippen molar-refractivity contribution >= 4 is 29.0 Å². The molecule has 0 bridgehead atoms. The largest absolute Gasteiger partial charge is 0.356 e. The van der Waals surface area contributed by atoms with Gasteiger partial charge in [0.15, 0.2) is 5.66 Å². The molecule has 5 N–H and O–H groups in total. The first-order chi connectivity index (χ1) is 12.0. The summed E-state index contributed by atoms with van der Waals surface area (Å²) in [5.74, 6) is -0.664. The molecule has 3 amide bonds. The van der Waals surface area contributed by atoms with Crippen molar-refractivity contribution in [1.82, 2.24) is 10.6 Å². The van der Waals surface area contributed by atoms with Crippen LogP contribution in [0.4, 0.5) is 21.9 Å². The number of nitro benzene ring substituents is 2. The molecular formula is C14H20N6O6. The van der Waals surface area contributed by atoms with Gasteiger partial charge in [0, 0.05) is 19.2 Å². The zero-order valence-corrected chi connectivity index (χ0v) is 14.4. The average Bonchev–Trinajstić information content (AvgIpc) is 2.52. The highest BCUT2D eigenvalue weighted by Gasteiger charge is 2.36. The van der Waals surface area contributed by atoms with Gasteiger partial charge in [0.25, 0.3) is 17.3 Å². The maximum absolute atomic E-state index is 12.2. The molecule has 0 unspecified atom stereocenters. The van der Waals surface area contributed by atoms with E-state index in [9.17, 15) is 29.8 Å². The van der Waals surface area contributed by atoms with Crippen LogP contribution >= 0.6 is 0 Å². The van der Waals surface area contributed by atoms with Crippen LogP contribution in [0.3, 0.4) is 0 Å². The van der Waals surface area contributed by atoms with E-state index in [1.165, 1.54) is 7.05 Å². The average molecular weight is 368 g/mol. The lowest BCUT2D eigenvalue weighted by Crippen LogP contribution is -2.65. The fourth-order valence-corrected chi connectivity index (χ4v) is 2.31. The summed E-state index contributed by atoms with van der Waals surface area (Å²) >= 11 is 0. The van der Waals surface area contributed by atoms with E-state index in [1.54, 1.807) is 13.8 Å². The van der Waals surface area contributed by atoms with Crippen molar-refractivity contribution in [3.8, 4) is 0 Å². The normalized spacial score (nSPS) is 12.8. The molecular weight excluding hydrogens is 348 g/mol. The van der Waals surface area contributed by atoms with E-state index >= 15 is 0 Å². The van der Waals surface area contributed by atoms with Crippen LogP contribution in [0, 0.1) is 26.1 Å². The van der Waals surface area contributed by atoms with E-state index in [2.05, 4.69) is 16.0 Å². The molecule has 26 heavy (non-hydrogen) atoms. The Morgan fingerprint density at radius 2 is 1.65 bits per heavy atom. The first-order valence-electron chi connectivity index (χ1n) is 7.52. The fourth-order valence-electron chi connectivity index (χ4n) is 2.31. The molecule has 12 heteroatoms. The van der Waals surface area contributed by atoms with E-state index in [1.807, 2.05) is 0 Å². The summed E-state index contributed by atoms with van der Waals surface area (Å²) in [4.78, 5) is 44.3. The molecule has 0 aromatic heterocycles. The van der Waals surface area contributed by atoms with Gasteiger partial charge in [0.05, 0.1) is 21.6 Å². The highest BCUT2D eigenvalue weighted by Crippen LogP contribution is 2.26. The summed E-state index contributed by atoms with van der Waals surface area (Å²) < 4.78 is 0. The zero-order chi connectivity index (χ0) is 20.1. The Labute approximate surface area is 148 Å². The molecule has 0 heterocycles. The summed E-state index contributed by atoms with van der Waals surface area (Å²) in [6, 6.07) is 1.73. The number of carbonyl (C=O) groups is 2. The predicted molar refractivity (Wildman–Crippen MR) is 92.3 cm³/mol. The lowest BCUT2D eigenvalue weighted by atomic mass is 9.97. The zero-order valence-electron chi connectivity index (χ0n) is 14.4. The van der Waals surface area contributed by atoms with Crippen LogP contribution in [0.2, 0.25) is 0 Å². The summed E-state index contributed by atoms with van der Waals surface area (Å²) in [6.07, 6.45) is 0.120. The Bertz CT molecular complexity index is 704. The van der Waals surface area contributed by atoms with Gasteiger partial charge in [-0.05, 0) is 12.3 Å². The Kier molecular flexibility index (Phi) is 6.55. The highest BCUT2D eigenvalue weighted by atomic mass is 16.6. The molecule has 0 aliphatic rings. The second-order valence-corrected chi connectivity index (χ2v) is 5.98. The van der Waals surface area contributed by atoms with Crippen LogP contribution in [0.25, 0.3) is 0 Å². The molecule has 142 valence electrons. The van der Waals surface area contributed by atoms with Gasteiger partial charge in [-0.3, -0.25) is 25.0 Å². The summed E-state index contributed by atoms with van der Waals surface area (Å²) in [6.45, 7) is 3.60. The molecule has 0 spiro atoms. The minimum atomic E-state index is -1.72. The fraction of sp³-hybridized carbons (Fsp3) is 0.429. The number of likely N-dealkylation sites (N-methyl/N-ethyl adjacent to an activating group) is 1. The molecule has 0 radical (unpaired) electrons. The third-order valence-electron chi connectivity index (χ3n) is 3.28. The number of carbonyl (C=O) groups excluding carboxylic acids is 2. The molecule has 0 aliphatic heterocycles. The summed E-state index contributed by atoms with van der Waals surface area (Å²) in [5.41, 5.74) is 2.92. The number of amides is 3. The topological polar surface area (TPSA) is 183 Å². The van der Waals surface area contributed by atoms with Gasteiger partial charge in [-0.15, -0.1) is 0 Å². The second-order valence-electron chi connectivity index (χ2n) is 5.98. The monoisotopic (exact) mass is 368 g/mol. The maximum Gasteiger partial charge on any atom is 0.321 e. The second kappa shape index (κ2) is 8.20. The van der Waals surface area contributed by atoms with E-state index in [-0.39, 0.29) is 18.0 Å². The maximum atomic E-state index is 12.2. The van der Waals surface area contributed by atoms with Crippen molar-refractivity contribution in [2.24, 2.45) is 11.7 Å². The number of hydrogen-bond acceptors (Lipinski definition) is 7. The Morgan fingerprint density at radius 1 is 1.15 bits per heavy atom. The van der Waals surface area contributed by atoms with E-state index < -0.39 is 38.8 Å². The summed E-state index contributed by atoms with van der Waals surface area (Å²) in [5, 5.41) is 28.6. The van der Waals surface area contributed by atoms with Crippen LogP contribution in [-0.2, 0) is 4.79 Å². The summed E-state index contributed by atoms with van der Waals surface area (Å²) in [7, 11) is 1.35. The van der Waals surface area contributed by atoms with Crippen molar-refractivity contribution in [2.75, 3.05) is 12.4 Å².